The summed E-state index contributed by atoms with van der Waals surface area (Å²) in [6.45, 7) is 1.81. The number of rotatable bonds is 5. The number of carbonyl (C=O) groups is 7. The molecule has 12 aromatic rings. The van der Waals surface area contributed by atoms with Crippen molar-refractivity contribution in [2.45, 2.75) is 14.4 Å². The van der Waals surface area contributed by atoms with Crippen molar-refractivity contribution >= 4 is 204 Å². The van der Waals surface area contributed by atoms with Crippen LogP contribution in [-0.4, -0.2) is 98.6 Å². The molecule has 0 bridgehead atoms. The van der Waals surface area contributed by atoms with Crippen LogP contribution in [0.15, 0.2) is 97.6 Å². The highest BCUT2D eigenvalue weighted by molar-refractivity contribution is 6.43. The van der Waals surface area contributed by atoms with Crippen LogP contribution in [0.4, 0.5) is 0 Å². The lowest BCUT2D eigenvalue weighted by Gasteiger charge is -2.27. The van der Waals surface area contributed by atoms with Gasteiger partial charge in [-0.1, -0.05) is 101 Å². The zero-order valence-corrected chi connectivity index (χ0v) is 47.6. The molecule has 4 amide bonds. The maximum atomic E-state index is 13.8. The number of aromatic nitrogens is 4. The Balaban J connectivity index is 0.000000180. The van der Waals surface area contributed by atoms with Gasteiger partial charge in [0.1, 0.15) is 0 Å². The largest absolute Gasteiger partial charge is 0.465 e. The molecular weight excluding hydrogens is 1220 g/mol. The van der Waals surface area contributed by atoms with E-state index in [9.17, 15) is 33.6 Å². The molecule has 0 saturated carbocycles. The number of methoxy groups -OCH3 is 1. The smallest absolute Gasteiger partial charge is 0.373 e. The maximum Gasteiger partial charge on any atom is 0.373 e. The van der Waals surface area contributed by atoms with Gasteiger partial charge in [0.2, 0.25) is 0 Å². The van der Waals surface area contributed by atoms with E-state index in [4.69, 9.17) is 98.4 Å². The Bertz CT molecular complexity index is 4790. The van der Waals surface area contributed by atoms with Crippen molar-refractivity contribution in [2.75, 3.05) is 21.2 Å². The number of carbonyl (C=O) groups excluding carboxylic acids is 9. The van der Waals surface area contributed by atoms with Gasteiger partial charge in [0.15, 0.2) is 11.5 Å². The molecule has 0 fully saturated rings. The monoisotopic (exact) mass is 1250 g/mol. The molecule has 4 aromatic heterocycles. The molecule has 14 rings (SSSR count). The van der Waals surface area contributed by atoms with Crippen molar-refractivity contribution in [1.29, 1.82) is 0 Å². The van der Waals surface area contributed by atoms with E-state index in [1.54, 1.807) is 55.6 Å². The van der Waals surface area contributed by atoms with Gasteiger partial charge in [0.25, 0.3) is 23.6 Å². The van der Waals surface area contributed by atoms with E-state index in [1.807, 2.05) is 0 Å². The third kappa shape index (κ3) is 8.75. The first-order valence-corrected chi connectivity index (χ1v) is 26.7. The van der Waals surface area contributed by atoms with Crippen molar-refractivity contribution in [1.82, 2.24) is 29.7 Å². The van der Waals surface area contributed by atoms with Crippen molar-refractivity contribution in [3.05, 3.63) is 172 Å². The van der Waals surface area contributed by atoms with Crippen LogP contribution in [0.25, 0.3) is 86.7 Å². The van der Waals surface area contributed by atoms with Crippen molar-refractivity contribution in [3.63, 3.8) is 0 Å². The number of ether oxygens (including phenoxy) is 3. The van der Waals surface area contributed by atoms with Crippen molar-refractivity contribution in [3.8, 4) is 11.5 Å². The van der Waals surface area contributed by atoms with Gasteiger partial charge in [-0.25, -0.2) is 14.4 Å². The van der Waals surface area contributed by atoms with Crippen LogP contribution in [0, 0.1) is 6.92 Å². The third-order valence-electron chi connectivity index (χ3n) is 14.6. The van der Waals surface area contributed by atoms with Gasteiger partial charge >= 0.3 is 24.1 Å². The van der Waals surface area contributed by atoms with Gasteiger partial charge in [-0.2, -0.15) is 9.59 Å². The van der Waals surface area contributed by atoms with E-state index in [1.165, 1.54) is 70.1 Å². The molecule has 18 nitrogen and oxygen atoms in total. The molecule has 0 spiro atoms. The van der Waals surface area contributed by atoms with Gasteiger partial charge in [0.05, 0.1) is 77.1 Å². The fraction of sp³-hybridized carbons (Fsp3) is 0.0820. The summed E-state index contributed by atoms with van der Waals surface area (Å²) < 4.78 is 16.4. The van der Waals surface area contributed by atoms with E-state index >= 15 is 0 Å². The second-order valence-electron chi connectivity index (χ2n) is 19.1. The number of imide groups is 2. The molecule has 85 heavy (non-hydrogen) atoms. The van der Waals surface area contributed by atoms with Crippen LogP contribution in [0.2, 0.25) is 30.1 Å². The van der Waals surface area contributed by atoms with E-state index < -0.39 is 29.7 Å². The molecule has 0 atom stereocenters. The maximum absolute atomic E-state index is 13.8. The van der Waals surface area contributed by atoms with Crippen molar-refractivity contribution < 1.29 is 57.4 Å². The van der Waals surface area contributed by atoms with Gasteiger partial charge in [-0.05, 0) is 61.0 Å². The Labute approximate surface area is 507 Å². The average molecular weight is 1250 g/mol. The number of aryl methyl sites for hydroxylation is 1. The first kappa shape index (κ1) is 57.6. The minimum absolute atomic E-state index is 0. The van der Waals surface area contributed by atoms with E-state index in [2.05, 4.69) is 15.0 Å². The Kier molecular flexibility index (Phi) is 14.5. The van der Waals surface area contributed by atoms with Crippen LogP contribution in [0.5, 0.6) is 11.5 Å². The predicted octanol–water partition coefficient (Wildman–Crippen LogP) is 14.0. The van der Waals surface area contributed by atoms with Crippen LogP contribution < -0.4 is 9.47 Å². The van der Waals surface area contributed by atoms with Crippen molar-refractivity contribution in [2.24, 2.45) is 0 Å². The lowest BCUT2D eigenvalue weighted by molar-refractivity contribution is -0.191. The molecule has 2 aliphatic heterocycles. The molecule has 0 aliphatic carbocycles. The molecule has 2 aliphatic rings. The highest BCUT2D eigenvalue weighted by atomic mass is 35.5. The summed E-state index contributed by atoms with van der Waals surface area (Å²) in [6, 6.07) is 19.0. The molecule has 0 unspecified atom stereocenters. The highest BCUT2D eigenvalue weighted by Crippen LogP contribution is 2.47. The zero-order chi connectivity index (χ0) is 59.6. The van der Waals surface area contributed by atoms with Crippen LogP contribution in [0.1, 0.15) is 85.5 Å². The summed E-state index contributed by atoms with van der Waals surface area (Å²) in [6.07, 6.45) is 6.17. The van der Waals surface area contributed by atoms with E-state index in [-0.39, 0.29) is 89.1 Å². The molecular formula is C61H32Cl6N6O12. The quantitative estimate of drug-likeness (QED) is 0.0511. The van der Waals surface area contributed by atoms with Gasteiger partial charge in [0, 0.05) is 125 Å². The Hall–Kier alpha value is -9.23. The molecule has 6 heterocycles. The Morgan fingerprint density at radius 3 is 1.16 bits per heavy atom. The number of benzene rings is 8. The minimum atomic E-state index is -0.856. The molecule has 8 aromatic carbocycles. The average Bonchev–Trinajstić information content (AvgIpc) is 0.871. The van der Waals surface area contributed by atoms with Crippen LogP contribution in [-0.2, 0) is 14.3 Å². The van der Waals surface area contributed by atoms with E-state index in [0.29, 0.717) is 109 Å². The van der Waals surface area contributed by atoms with Crippen LogP contribution in [0.3, 0.4) is 0 Å². The second-order valence-corrected chi connectivity index (χ2v) is 21.6. The number of fused-ring (bicyclic) bond motifs is 4. The number of amides is 4. The first-order valence-electron chi connectivity index (χ1n) is 24.5. The first-order chi connectivity index (χ1) is 40.2. The summed E-state index contributed by atoms with van der Waals surface area (Å²) in [7, 11) is 4.13. The molecule has 420 valence electrons. The summed E-state index contributed by atoms with van der Waals surface area (Å²) in [5.41, 5.74) is 4.59. The fourth-order valence-corrected chi connectivity index (χ4v) is 12.8. The van der Waals surface area contributed by atoms with Gasteiger partial charge < -0.3 is 14.2 Å². The number of nitrogens with zero attached hydrogens (tertiary/aromatic N) is 6. The Morgan fingerprint density at radius 2 is 0.765 bits per heavy atom. The zero-order valence-electron chi connectivity index (χ0n) is 43.1. The topological polar surface area (TPSA) is 239 Å². The predicted molar refractivity (Wildman–Crippen MR) is 320 cm³/mol. The number of halogens is 6. The number of esters is 3. The van der Waals surface area contributed by atoms with Crippen LogP contribution >= 0.6 is 69.6 Å². The lowest BCUT2D eigenvalue weighted by Crippen LogP contribution is -2.37. The molecule has 0 radical (unpaired) electrons. The minimum Gasteiger partial charge on any atom is -0.465 e. The Morgan fingerprint density at radius 1 is 0.435 bits per heavy atom. The summed E-state index contributed by atoms with van der Waals surface area (Å²) in [4.78, 5) is 129. The van der Waals surface area contributed by atoms with E-state index in [0.717, 1.165) is 9.80 Å². The molecule has 24 heteroatoms. The summed E-state index contributed by atoms with van der Waals surface area (Å²) >= 11 is 37.3. The fourth-order valence-electron chi connectivity index (χ4n) is 11.1. The summed E-state index contributed by atoms with van der Waals surface area (Å²) in [5, 5.41) is 7.52. The normalized spacial score (nSPS) is 12.7. The van der Waals surface area contributed by atoms with Gasteiger partial charge in [-0.15, -0.1) is 0 Å². The van der Waals surface area contributed by atoms with Gasteiger partial charge in [-0.3, -0.25) is 48.9 Å². The standard InChI is InChI=1S/C35H16Cl6N2O6.C24H12N4O4.CO2.CH4/c1-13-11-42-29-17-4-6-19(35(46)49-32-23(40)9-15(37)10-24(32)41)26-20(33(44)47-2)12-43-30(28(17)26)16-3-5-18(25(13)27(16)29)34(45)48-31-21(38)7-14(36)8-22(31)39;1-27-21(29)11-5-3-9-17-15(11)13(23(27)31)7-25-19(17)10-4-6-12-16-14(8-26-20(9)18(10)16)24(32)28(2)22(12)30;2-1-3;/h3-12H,1-2H3;3-8H,1-2H3;;1H4. The summed E-state index contributed by atoms with van der Waals surface area (Å²) in [5.74, 6) is -4.00. The molecule has 0 saturated heterocycles. The number of hydrogen-bond acceptors (Lipinski definition) is 16. The second kappa shape index (κ2) is 21.4. The number of hydrogen-bond donors (Lipinski definition) is 0. The number of pyridine rings is 4. The third-order valence-corrected chi connectivity index (χ3v) is 16.2. The lowest BCUT2D eigenvalue weighted by atomic mass is 9.86. The molecule has 0 N–H and O–H groups in total. The highest BCUT2D eigenvalue weighted by Gasteiger charge is 2.36. The SMILES string of the molecule is C.CN1C(=O)c2ccc3c4ncc5c6c(ccc(c7ncc(c2c37)C1=O)c64)C(=O)N(C)C5=O.COC(=O)c1cnc2c3ccc(C(=O)Oc4c(Cl)cc(Cl)cc4Cl)c4c(C)cnc(c5ccc(C(=O)Oc6c(Cl)cc(Cl)cc6Cl)c1c52)c43.O=C=O.